The smallest absolute Gasteiger partial charge is 0.223 e. The maximum atomic E-state index is 12.1. The molecule has 0 fully saturated rings. The minimum absolute atomic E-state index is 0.0545. The lowest BCUT2D eigenvalue weighted by molar-refractivity contribution is -0.126. The summed E-state index contributed by atoms with van der Waals surface area (Å²) in [5.41, 5.74) is 1.22. The Hall–Kier alpha value is -0.870. The van der Waals surface area contributed by atoms with Crippen molar-refractivity contribution in [3.8, 4) is 0 Å². The zero-order valence-corrected chi connectivity index (χ0v) is 12.8. The summed E-state index contributed by atoms with van der Waals surface area (Å²) in [6, 6.07) is 2.15. The molecule has 1 aliphatic heterocycles. The van der Waals surface area contributed by atoms with E-state index in [9.17, 15) is 4.79 Å². The number of rotatable bonds is 5. The van der Waals surface area contributed by atoms with Crippen molar-refractivity contribution in [2.24, 2.45) is 0 Å². The fraction of sp³-hybridized carbons (Fsp3) is 0.667. The molecule has 4 heteroatoms. The first-order valence-electron chi connectivity index (χ1n) is 7.01. The third-order valence-corrected chi connectivity index (χ3v) is 4.54. The minimum Gasteiger partial charge on any atom is -0.372 e. The Kier molecular flexibility index (Phi) is 4.63. The van der Waals surface area contributed by atoms with Crippen molar-refractivity contribution in [3.05, 3.63) is 21.9 Å². The molecule has 3 nitrogen and oxygen atoms in total. The van der Waals surface area contributed by atoms with Crippen molar-refractivity contribution < 1.29 is 9.53 Å². The lowest BCUT2D eigenvalue weighted by atomic mass is 9.98. The van der Waals surface area contributed by atoms with Crippen molar-refractivity contribution in [1.82, 2.24) is 5.32 Å². The first kappa shape index (κ1) is 14.5. The summed E-state index contributed by atoms with van der Waals surface area (Å²) >= 11 is 1.70. The molecule has 1 unspecified atom stereocenters. The first-order chi connectivity index (χ1) is 9.02. The molecule has 1 amide bonds. The van der Waals surface area contributed by atoms with Crippen LogP contribution < -0.4 is 5.32 Å². The van der Waals surface area contributed by atoms with Crippen molar-refractivity contribution in [2.45, 2.75) is 58.1 Å². The average Bonchev–Trinajstić information content (AvgIpc) is 2.76. The number of thiophene rings is 1. The molecule has 0 spiro atoms. The number of nitrogens with one attached hydrogen (secondary N) is 1. The van der Waals surface area contributed by atoms with Gasteiger partial charge in [-0.2, -0.15) is 0 Å². The van der Waals surface area contributed by atoms with Crippen LogP contribution in [0.1, 0.15) is 56.6 Å². The molecule has 2 rings (SSSR count). The van der Waals surface area contributed by atoms with Crippen LogP contribution >= 0.6 is 11.3 Å². The van der Waals surface area contributed by atoms with Gasteiger partial charge in [-0.3, -0.25) is 4.79 Å². The summed E-state index contributed by atoms with van der Waals surface area (Å²) in [5.74, 6) is 0.0877. The Morgan fingerprint density at radius 3 is 3.11 bits per heavy atom. The Bertz CT molecular complexity index is 439. The normalized spacial score (nSPS) is 19.0. The van der Waals surface area contributed by atoms with Gasteiger partial charge >= 0.3 is 0 Å². The average molecular weight is 281 g/mol. The Morgan fingerprint density at radius 2 is 2.37 bits per heavy atom. The lowest BCUT2D eigenvalue weighted by Crippen LogP contribution is -2.43. The van der Waals surface area contributed by atoms with Crippen LogP contribution in [-0.4, -0.2) is 18.1 Å². The van der Waals surface area contributed by atoms with E-state index >= 15 is 0 Å². The Balaban J connectivity index is 1.94. The second-order valence-corrected chi connectivity index (χ2v) is 6.75. The Labute approximate surface area is 119 Å². The van der Waals surface area contributed by atoms with Crippen LogP contribution in [0.3, 0.4) is 0 Å². The van der Waals surface area contributed by atoms with Gasteiger partial charge in [0, 0.05) is 10.4 Å². The number of carbonyl (C=O) groups excluding carboxylic acids is 1. The predicted molar refractivity (Wildman–Crippen MR) is 78.5 cm³/mol. The van der Waals surface area contributed by atoms with Gasteiger partial charge in [0.1, 0.15) is 6.10 Å². The minimum atomic E-state index is -0.126. The summed E-state index contributed by atoms with van der Waals surface area (Å²) < 4.78 is 5.76. The van der Waals surface area contributed by atoms with Crippen molar-refractivity contribution in [2.75, 3.05) is 6.61 Å². The van der Waals surface area contributed by atoms with E-state index in [0.29, 0.717) is 6.42 Å². The molecule has 0 bridgehead atoms. The SMILES string of the molecule is CCCC(C)(C)NC(=O)CC1OCCc2ccsc21. The highest BCUT2D eigenvalue weighted by Gasteiger charge is 2.27. The maximum Gasteiger partial charge on any atom is 0.223 e. The molecule has 2 heterocycles. The molecule has 0 aromatic carbocycles. The van der Waals surface area contributed by atoms with Crippen LogP contribution in [0.15, 0.2) is 11.4 Å². The van der Waals surface area contributed by atoms with Gasteiger partial charge in [-0.25, -0.2) is 0 Å². The molecule has 0 aliphatic carbocycles. The number of hydrogen-bond acceptors (Lipinski definition) is 3. The van der Waals surface area contributed by atoms with Gasteiger partial charge in [0.2, 0.25) is 5.91 Å². The molecule has 106 valence electrons. The van der Waals surface area contributed by atoms with Crippen molar-refractivity contribution in [1.29, 1.82) is 0 Å². The molecule has 1 N–H and O–H groups in total. The standard InChI is InChI=1S/C15H23NO2S/c1-4-7-15(2,3)16-13(17)10-12-14-11(5-8-18-12)6-9-19-14/h6,9,12H,4-5,7-8,10H2,1-3H3,(H,16,17). The molecule has 0 saturated carbocycles. The molecule has 1 aromatic heterocycles. The van der Waals surface area contributed by atoms with Crippen LogP contribution in [0.4, 0.5) is 0 Å². The number of fused-ring (bicyclic) bond motifs is 1. The molecular weight excluding hydrogens is 258 g/mol. The van der Waals surface area contributed by atoms with E-state index in [1.165, 1.54) is 10.4 Å². The summed E-state index contributed by atoms with van der Waals surface area (Å²) in [5, 5.41) is 5.20. The van der Waals surface area contributed by atoms with Crippen LogP contribution in [-0.2, 0) is 16.0 Å². The number of amides is 1. The van der Waals surface area contributed by atoms with Gasteiger partial charge in [-0.05, 0) is 43.7 Å². The second kappa shape index (κ2) is 6.06. The highest BCUT2D eigenvalue weighted by molar-refractivity contribution is 7.10. The van der Waals surface area contributed by atoms with Gasteiger partial charge in [0.15, 0.2) is 0 Å². The zero-order chi connectivity index (χ0) is 13.9. The summed E-state index contributed by atoms with van der Waals surface area (Å²) in [6.45, 7) is 7.01. The molecule has 0 radical (unpaired) electrons. The van der Waals surface area contributed by atoms with Gasteiger partial charge in [0.25, 0.3) is 0 Å². The second-order valence-electron chi connectivity index (χ2n) is 5.81. The van der Waals surface area contributed by atoms with Gasteiger partial charge in [-0.15, -0.1) is 11.3 Å². The molecule has 0 saturated heterocycles. The van der Waals surface area contributed by atoms with Crippen molar-refractivity contribution in [3.63, 3.8) is 0 Å². The van der Waals surface area contributed by atoms with E-state index in [1.54, 1.807) is 11.3 Å². The highest BCUT2D eigenvalue weighted by atomic mass is 32.1. The van der Waals surface area contributed by atoms with Gasteiger partial charge < -0.3 is 10.1 Å². The fourth-order valence-corrected chi connectivity index (χ4v) is 3.66. The lowest BCUT2D eigenvalue weighted by Gasteiger charge is -2.28. The molecule has 1 aliphatic rings. The Morgan fingerprint density at radius 1 is 1.58 bits per heavy atom. The quantitative estimate of drug-likeness (QED) is 0.897. The third kappa shape index (κ3) is 3.80. The summed E-state index contributed by atoms with van der Waals surface area (Å²) in [7, 11) is 0. The molecule has 1 aromatic rings. The van der Waals surface area contributed by atoms with Crippen molar-refractivity contribution >= 4 is 17.2 Å². The largest absolute Gasteiger partial charge is 0.372 e. The molecule has 1 atom stereocenters. The number of carbonyl (C=O) groups is 1. The van der Waals surface area contributed by atoms with Crippen LogP contribution in [0.5, 0.6) is 0 Å². The van der Waals surface area contributed by atoms with E-state index in [4.69, 9.17) is 4.74 Å². The van der Waals surface area contributed by atoms with E-state index in [0.717, 1.165) is 25.9 Å². The zero-order valence-electron chi connectivity index (χ0n) is 12.0. The molecule has 19 heavy (non-hydrogen) atoms. The number of hydrogen-bond donors (Lipinski definition) is 1. The first-order valence-corrected chi connectivity index (χ1v) is 7.88. The van der Waals surface area contributed by atoms with E-state index in [-0.39, 0.29) is 17.6 Å². The van der Waals surface area contributed by atoms with Gasteiger partial charge in [0.05, 0.1) is 13.0 Å². The van der Waals surface area contributed by atoms with E-state index in [2.05, 4.69) is 37.5 Å². The monoisotopic (exact) mass is 281 g/mol. The number of ether oxygens (including phenoxy) is 1. The third-order valence-electron chi connectivity index (χ3n) is 3.49. The summed E-state index contributed by atoms with van der Waals surface area (Å²) in [4.78, 5) is 13.4. The predicted octanol–water partition coefficient (Wildman–Crippen LogP) is 3.45. The van der Waals surface area contributed by atoms with Crippen LogP contribution in [0.2, 0.25) is 0 Å². The summed E-state index contributed by atoms with van der Waals surface area (Å²) in [6.07, 6.45) is 3.41. The molecular formula is C15H23NO2S. The maximum absolute atomic E-state index is 12.1. The van der Waals surface area contributed by atoms with Crippen LogP contribution in [0, 0.1) is 0 Å². The van der Waals surface area contributed by atoms with Crippen LogP contribution in [0.25, 0.3) is 0 Å². The fourth-order valence-electron chi connectivity index (χ4n) is 2.66. The van der Waals surface area contributed by atoms with E-state index in [1.807, 2.05) is 0 Å². The topological polar surface area (TPSA) is 38.3 Å². The van der Waals surface area contributed by atoms with Gasteiger partial charge in [-0.1, -0.05) is 13.3 Å². The van der Waals surface area contributed by atoms with E-state index < -0.39 is 0 Å². The highest BCUT2D eigenvalue weighted by Crippen LogP contribution is 2.33.